The van der Waals surface area contributed by atoms with Crippen LogP contribution in [0.4, 0.5) is 0 Å². The van der Waals surface area contributed by atoms with Crippen LogP contribution in [0.5, 0.6) is 11.5 Å². The van der Waals surface area contributed by atoms with E-state index in [2.05, 4.69) is 123 Å². The molecule has 0 saturated heterocycles. The van der Waals surface area contributed by atoms with Crippen molar-refractivity contribution in [1.29, 1.82) is 0 Å². The molecule has 36 heavy (non-hydrogen) atoms. The Morgan fingerprint density at radius 3 is 1.97 bits per heavy atom. The standard InChI is InChI=1S/C35H24O/c1-35(2)30-19-24(13-15-26(30)29-17-22-7-3-4-8-23(22)18-31(29)35)25-14-16-27-28-11-5-9-21-10-6-12-32(34(21)28)36-33(27)20-25/h3-20H,1-2H3. The van der Waals surface area contributed by atoms with Gasteiger partial charge in [0.15, 0.2) is 0 Å². The van der Waals surface area contributed by atoms with Gasteiger partial charge in [-0.1, -0.05) is 86.6 Å². The maximum absolute atomic E-state index is 6.44. The highest BCUT2D eigenvalue weighted by molar-refractivity contribution is 6.04. The summed E-state index contributed by atoms with van der Waals surface area (Å²) in [6.45, 7) is 4.70. The van der Waals surface area contributed by atoms with Crippen molar-refractivity contribution in [3.63, 3.8) is 0 Å². The van der Waals surface area contributed by atoms with Crippen molar-refractivity contribution in [3.8, 4) is 44.9 Å². The van der Waals surface area contributed by atoms with Gasteiger partial charge in [0.2, 0.25) is 0 Å². The lowest BCUT2D eigenvalue weighted by Crippen LogP contribution is -2.15. The van der Waals surface area contributed by atoms with Crippen LogP contribution in [-0.2, 0) is 5.41 Å². The summed E-state index contributed by atoms with van der Waals surface area (Å²) in [5, 5.41) is 5.02. The van der Waals surface area contributed by atoms with Gasteiger partial charge in [-0.25, -0.2) is 0 Å². The average Bonchev–Trinajstić information content (AvgIpc) is 3.13. The summed E-state index contributed by atoms with van der Waals surface area (Å²) in [5.41, 5.74) is 10.3. The molecule has 0 unspecified atom stereocenters. The molecule has 0 radical (unpaired) electrons. The van der Waals surface area contributed by atoms with Gasteiger partial charge in [0.25, 0.3) is 0 Å². The Hall–Kier alpha value is -4.36. The summed E-state index contributed by atoms with van der Waals surface area (Å²) in [4.78, 5) is 0. The third-order valence-corrected chi connectivity index (χ3v) is 8.23. The summed E-state index contributed by atoms with van der Waals surface area (Å²) in [7, 11) is 0. The van der Waals surface area contributed by atoms with E-state index < -0.39 is 0 Å². The van der Waals surface area contributed by atoms with Gasteiger partial charge in [-0.2, -0.15) is 0 Å². The predicted octanol–water partition coefficient (Wildman–Crippen LogP) is 9.74. The zero-order chi connectivity index (χ0) is 24.0. The van der Waals surface area contributed by atoms with Crippen LogP contribution in [0.15, 0.2) is 109 Å². The van der Waals surface area contributed by atoms with Crippen molar-refractivity contribution in [1.82, 2.24) is 0 Å². The molecule has 0 bridgehead atoms. The van der Waals surface area contributed by atoms with Crippen molar-refractivity contribution < 1.29 is 4.74 Å². The molecule has 0 amide bonds. The SMILES string of the molecule is CC1(C)c2cc(-c3ccc4c(c3)Oc3cccc5cccc-4c35)ccc2-c2cc3ccccc3cc21. The average molecular weight is 461 g/mol. The minimum absolute atomic E-state index is 0.0516. The molecule has 6 aromatic carbocycles. The molecule has 1 aliphatic carbocycles. The van der Waals surface area contributed by atoms with E-state index in [9.17, 15) is 0 Å². The molecule has 0 saturated carbocycles. The Labute approximate surface area is 210 Å². The van der Waals surface area contributed by atoms with Gasteiger partial charge in [-0.15, -0.1) is 0 Å². The van der Waals surface area contributed by atoms with Crippen LogP contribution in [-0.4, -0.2) is 0 Å². The Kier molecular flexibility index (Phi) is 3.79. The van der Waals surface area contributed by atoms with E-state index in [1.54, 1.807) is 0 Å². The highest BCUT2D eigenvalue weighted by Crippen LogP contribution is 2.52. The first-order chi connectivity index (χ1) is 17.6. The zero-order valence-corrected chi connectivity index (χ0v) is 20.3. The summed E-state index contributed by atoms with van der Waals surface area (Å²) in [6, 6.07) is 39.8. The largest absolute Gasteiger partial charge is 0.456 e. The molecule has 0 aromatic heterocycles. The van der Waals surface area contributed by atoms with E-state index in [1.807, 2.05) is 0 Å². The topological polar surface area (TPSA) is 9.23 Å². The third-order valence-electron chi connectivity index (χ3n) is 8.23. The molecule has 8 rings (SSSR count). The van der Waals surface area contributed by atoms with Crippen LogP contribution in [0.3, 0.4) is 0 Å². The van der Waals surface area contributed by atoms with Crippen molar-refractivity contribution in [3.05, 3.63) is 120 Å². The first-order valence-electron chi connectivity index (χ1n) is 12.6. The van der Waals surface area contributed by atoms with Gasteiger partial charge in [0.1, 0.15) is 11.5 Å². The second-order valence-corrected chi connectivity index (χ2v) is 10.6. The first kappa shape index (κ1) is 19.9. The Morgan fingerprint density at radius 2 is 1.14 bits per heavy atom. The molecule has 6 aromatic rings. The first-order valence-corrected chi connectivity index (χ1v) is 12.6. The maximum atomic E-state index is 6.44. The van der Waals surface area contributed by atoms with E-state index in [0.29, 0.717) is 0 Å². The molecule has 1 aliphatic heterocycles. The fraction of sp³-hybridized carbons (Fsp3) is 0.0857. The lowest BCUT2D eigenvalue weighted by atomic mass is 9.81. The van der Waals surface area contributed by atoms with E-state index in [0.717, 1.165) is 17.1 Å². The summed E-state index contributed by atoms with van der Waals surface area (Å²) in [5.74, 6) is 1.86. The van der Waals surface area contributed by atoms with Crippen molar-refractivity contribution in [2.24, 2.45) is 0 Å². The fourth-order valence-electron chi connectivity index (χ4n) is 6.34. The molecule has 1 heteroatoms. The van der Waals surface area contributed by atoms with Crippen LogP contribution < -0.4 is 4.74 Å². The third kappa shape index (κ3) is 2.60. The highest BCUT2D eigenvalue weighted by atomic mass is 16.5. The van der Waals surface area contributed by atoms with Crippen molar-refractivity contribution in [2.75, 3.05) is 0 Å². The van der Waals surface area contributed by atoms with E-state index >= 15 is 0 Å². The summed E-state index contributed by atoms with van der Waals surface area (Å²) < 4.78 is 6.44. The molecule has 0 fully saturated rings. The molecule has 170 valence electrons. The van der Waals surface area contributed by atoms with Crippen LogP contribution in [0.1, 0.15) is 25.0 Å². The lowest BCUT2D eigenvalue weighted by Gasteiger charge is -2.23. The Bertz CT molecular complexity index is 1880. The number of benzene rings is 6. The molecule has 2 aliphatic rings. The Morgan fingerprint density at radius 1 is 0.472 bits per heavy atom. The number of ether oxygens (including phenoxy) is 1. The molecule has 1 nitrogen and oxygen atoms in total. The van der Waals surface area contributed by atoms with Gasteiger partial charge in [0, 0.05) is 16.4 Å². The van der Waals surface area contributed by atoms with Gasteiger partial charge in [-0.05, 0) is 91.5 Å². The second-order valence-electron chi connectivity index (χ2n) is 10.6. The van der Waals surface area contributed by atoms with Crippen LogP contribution in [0.25, 0.3) is 54.9 Å². The second kappa shape index (κ2) is 6.86. The van der Waals surface area contributed by atoms with Crippen molar-refractivity contribution in [2.45, 2.75) is 19.3 Å². The molecule has 0 spiro atoms. The van der Waals surface area contributed by atoms with Crippen LogP contribution in [0.2, 0.25) is 0 Å². The summed E-state index contributed by atoms with van der Waals surface area (Å²) in [6.07, 6.45) is 0. The van der Waals surface area contributed by atoms with Crippen LogP contribution in [0, 0.1) is 0 Å². The minimum Gasteiger partial charge on any atom is -0.456 e. The Balaban J connectivity index is 1.27. The normalized spacial score (nSPS) is 14.3. The smallest absolute Gasteiger partial charge is 0.135 e. The monoisotopic (exact) mass is 460 g/mol. The lowest BCUT2D eigenvalue weighted by molar-refractivity contribution is 0.487. The van der Waals surface area contributed by atoms with Crippen LogP contribution >= 0.6 is 0 Å². The van der Waals surface area contributed by atoms with Gasteiger partial charge >= 0.3 is 0 Å². The maximum Gasteiger partial charge on any atom is 0.135 e. The van der Waals surface area contributed by atoms with E-state index in [4.69, 9.17) is 4.74 Å². The van der Waals surface area contributed by atoms with Gasteiger partial charge in [-0.3, -0.25) is 0 Å². The minimum atomic E-state index is -0.0516. The number of rotatable bonds is 1. The molecular weight excluding hydrogens is 436 g/mol. The molecule has 0 atom stereocenters. The molecule has 1 heterocycles. The fourth-order valence-corrected chi connectivity index (χ4v) is 6.34. The molecular formula is C35H24O. The van der Waals surface area contributed by atoms with Crippen molar-refractivity contribution >= 4 is 21.5 Å². The zero-order valence-electron chi connectivity index (χ0n) is 20.3. The van der Waals surface area contributed by atoms with E-state index in [1.165, 1.54) is 60.5 Å². The highest BCUT2D eigenvalue weighted by Gasteiger charge is 2.36. The number of fused-ring (bicyclic) bond motifs is 6. The van der Waals surface area contributed by atoms with Gasteiger partial charge < -0.3 is 4.74 Å². The quantitative estimate of drug-likeness (QED) is 0.237. The number of hydrogen-bond donors (Lipinski definition) is 0. The number of hydrogen-bond acceptors (Lipinski definition) is 1. The summed E-state index contributed by atoms with van der Waals surface area (Å²) >= 11 is 0. The van der Waals surface area contributed by atoms with Gasteiger partial charge in [0.05, 0.1) is 0 Å². The van der Waals surface area contributed by atoms with E-state index in [-0.39, 0.29) is 5.41 Å². The predicted molar refractivity (Wildman–Crippen MR) is 150 cm³/mol. The molecule has 0 N–H and O–H groups in total.